The summed E-state index contributed by atoms with van der Waals surface area (Å²) in [7, 11) is 1.65. The summed E-state index contributed by atoms with van der Waals surface area (Å²) in [6.45, 7) is 6.50. The molecule has 0 radical (unpaired) electrons. The normalized spacial score (nSPS) is 24.4. The molecule has 1 fully saturated rings. The summed E-state index contributed by atoms with van der Waals surface area (Å²) in [5.41, 5.74) is 1.12. The van der Waals surface area contributed by atoms with E-state index in [2.05, 4.69) is 13.8 Å². The first kappa shape index (κ1) is 12.9. The lowest BCUT2D eigenvalue weighted by molar-refractivity contribution is -0.145. The van der Waals surface area contributed by atoms with E-state index in [-0.39, 0.29) is 23.2 Å². The molecule has 2 atom stereocenters. The maximum Gasteiger partial charge on any atom is 0.310 e. The Morgan fingerprint density at radius 3 is 2.72 bits per heavy atom. The third kappa shape index (κ3) is 2.09. The highest BCUT2D eigenvalue weighted by Gasteiger charge is 2.63. The molecule has 2 unspecified atom stereocenters. The number of carbonyl (C=O) groups is 1. The van der Waals surface area contributed by atoms with Crippen molar-refractivity contribution in [1.82, 2.24) is 0 Å². The Balaban J connectivity index is 2.21. The number of ether oxygens (including phenoxy) is 2. The lowest BCUT2D eigenvalue weighted by Gasteiger charge is -2.05. The van der Waals surface area contributed by atoms with E-state index in [0.29, 0.717) is 6.61 Å². The molecule has 1 saturated carbocycles. The van der Waals surface area contributed by atoms with Crippen molar-refractivity contribution in [1.29, 1.82) is 0 Å². The van der Waals surface area contributed by atoms with E-state index in [4.69, 9.17) is 9.47 Å². The fraction of sp³-hybridized carbons (Fsp3) is 0.533. The summed E-state index contributed by atoms with van der Waals surface area (Å²) in [6.07, 6.45) is 0. The second kappa shape index (κ2) is 4.63. The Morgan fingerprint density at radius 1 is 1.39 bits per heavy atom. The number of rotatable bonds is 4. The standard InChI is InChI=1S/C15H20O3/c1-5-18-14(16)13-12(15(13,2)3)10-7-6-8-11(9-10)17-4/h6-9,12-13H,5H2,1-4H3. The van der Waals surface area contributed by atoms with Crippen molar-refractivity contribution in [2.75, 3.05) is 13.7 Å². The average molecular weight is 248 g/mol. The summed E-state index contributed by atoms with van der Waals surface area (Å²) < 4.78 is 10.4. The molecule has 18 heavy (non-hydrogen) atoms. The highest BCUT2D eigenvalue weighted by Crippen LogP contribution is 2.64. The maximum absolute atomic E-state index is 11.9. The molecule has 0 saturated heterocycles. The van der Waals surface area contributed by atoms with Crippen LogP contribution in [-0.2, 0) is 9.53 Å². The molecular weight excluding hydrogens is 228 g/mol. The molecule has 3 nitrogen and oxygen atoms in total. The zero-order valence-electron chi connectivity index (χ0n) is 11.4. The molecule has 0 spiro atoms. The summed E-state index contributed by atoms with van der Waals surface area (Å²) in [5, 5.41) is 0. The average Bonchev–Trinajstić information content (AvgIpc) is 2.93. The number of hydrogen-bond donors (Lipinski definition) is 0. The molecule has 1 aliphatic rings. The molecule has 2 rings (SSSR count). The van der Waals surface area contributed by atoms with Gasteiger partial charge in [0.25, 0.3) is 0 Å². The minimum absolute atomic E-state index is 0.0291. The van der Waals surface area contributed by atoms with E-state index >= 15 is 0 Å². The molecular formula is C15H20O3. The second-order valence-electron chi connectivity index (χ2n) is 5.31. The summed E-state index contributed by atoms with van der Waals surface area (Å²) in [6, 6.07) is 7.93. The van der Waals surface area contributed by atoms with Gasteiger partial charge in [-0.05, 0) is 30.0 Å². The van der Waals surface area contributed by atoms with Crippen LogP contribution in [0.1, 0.15) is 32.3 Å². The second-order valence-corrected chi connectivity index (χ2v) is 5.31. The molecule has 0 aromatic heterocycles. The number of benzene rings is 1. The van der Waals surface area contributed by atoms with Crippen LogP contribution in [0.5, 0.6) is 5.75 Å². The van der Waals surface area contributed by atoms with Crippen molar-refractivity contribution in [2.24, 2.45) is 11.3 Å². The van der Waals surface area contributed by atoms with Crippen molar-refractivity contribution in [3.05, 3.63) is 29.8 Å². The Bertz CT molecular complexity index is 451. The number of methoxy groups -OCH3 is 1. The van der Waals surface area contributed by atoms with Gasteiger partial charge in [0.15, 0.2) is 0 Å². The van der Waals surface area contributed by atoms with Crippen molar-refractivity contribution in [3.63, 3.8) is 0 Å². The van der Waals surface area contributed by atoms with Crippen LogP contribution in [0, 0.1) is 11.3 Å². The van der Waals surface area contributed by atoms with E-state index < -0.39 is 0 Å². The molecule has 3 heteroatoms. The largest absolute Gasteiger partial charge is 0.497 e. The lowest BCUT2D eigenvalue weighted by atomic mass is 10.0. The van der Waals surface area contributed by atoms with Gasteiger partial charge in [0.05, 0.1) is 19.6 Å². The topological polar surface area (TPSA) is 35.5 Å². The van der Waals surface area contributed by atoms with Gasteiger partial charge in [-0.1, -0.05) is 26.0 Å². The molecule has 0 amide bonds. The van der Waals surface area contributed by atoms with Crippen LogP contribution in [-0.4, -0.2) is 19.7 Å². The zero-order valence-corrected chi connectivity index (χ0v) is 11.4. The molecule has 1 aliphatic carbocycles. The Hall–Kier alpha value is -1.51. The van der Waals surface area contributed by atoms with Gasteiger partial charge in [0.1, 0.15) is 5.75 Å². The molecule has 0 N–H and O–H groups in total. The van der Waals surface area contributed by atoms with Gasteiger partial charge in [0.2, 0.25) is 0 Å². The van der Waals surface area contributed by atoms with Crippen LogP contribution < -0.4 is 4.74 Å². The fourth-order valence-corrected chi connectivity index (χ4v) is 2.77. The molecule has 0 aliphatic heterocycles. The van der Waals surface area contributed by atoms with Crippen molar-refractivity contribution < 1.29 is 14.3 Å². The fourth-order valence-electron chi connectivity index (χ4n) is 2.77. The summed E-state index contributed by atoms with van der Waals surface area (Å²) >= 11 is 0. The first-order valence-corrected chi connectivity index (χ1v) is 6.33. The van der Waals surface area contributed by atoms with Gasteiger partial charge < -0.3 is 9.47 Å². The first-order valence-electron chi connectivity index (χ1n) is 6.33. The SMILES string of the molecule is CCOC(=O)C1C(c2cccc(OC)c2)C1(C)C. The van der Waals surface area contributed by atoms with Crippen LogP contribution in [0.25, 0.3) is 0 Å². The van der Waals surface area contributed by atoms with Crippen molar-refractivity contribution >= 4 is 5.97 Å². The third-order valence-electron chi connectivity index (χ3n) is 3.82. The number of carbonyl (C=O) groups excluding carboxylic acids is 1. The van der Waals surface area contributed by atoms with Gasteiger partial charge in [-0.2, -0.15) is 0 Å². The van der Waals surface area contributed by atoms with Crippen LogP contribution in [0.3, 0.4) is 0 Å². The highest BCUT2D eigenvalue weighted by molar-refractivity contribution is 5.79. The lowest BCUT2D eigenvalue weighted by Crippen LogP contribution is -2.10. The minimum atomic E-state index is -0.0877. The molecule has 1 aromatic carbocycles. The predicted octanol–water partition coefficient (Wildman–Crippen LogP) is 3.00. The van der Waals surface area contributed by atoms with Gasteiger partial charge in [-0.15, -0.1) is 0 Å². The smallest absolute Gasteiger partial charge is 0.310 e. The van der Waals surface area contributed by atoms with E-state index in [9.17, 15) is 4.79 Å². The maximum atomic E-state index is 11.9. The Morgan fingerprint density at radius 2 is 2.11 bits per heavy atom. The van der Waals surface area contributed by atoms with Crippen molar-refractivity contribution in [2.45, 2.75) is 26.7 Å². The molecule has 98 valence electrons. The van der Waals surface area contributed by atoms with Gasteiger partial charge in [-0.3, -0.25) is 4.79 Å². The summed E-state index contributed by atoms with van der Waals surface area (Å²) in [5.74, 6) is 0.935. The van der Waals surface area contributed by atoms with Crippen LogP contribution >= 0.6 is 0 Å². The molecule has 1 aromatic rings. The minimum Gasteiger partial charge on any atom is -0.497 e. The first-order chi connectivity index (χ1) is 8.52. The van der Waals surface area contributed by atoms with Gasteiger partial charge in [0, 0.05) is 5.92 Å². The quantitative estimate of drug-likeness (QED) is 0.768. The third-order valence-corrected chi connectivity index (χ3v) is 3.82. The highest BCUT2D eigenvalue weighted by atomic mass is 16.5. The molecule has 0 heterocycles. The van der Waals surface area contributed by atoms with E-state index in [0.717, 1.165) is 11.3 Å². The Labute approximate surface area is 108 Å². The van der Waals surface area contributed by atoms with Gasteiger partial charge in [-0.25, -0.2) is 0 Å². The predicted molar refractivity (Wildman–Crippen MR) is 69.6 cm³/mol. The van der Waals surface area contributed by atoms with Crippen LogP contribution in [0.2, 0.25) is 0 Å². The van der Waals surface area contributed by atoms with Crippen LogP contribution in [0.4, 0.5) is 0 Å². The van der Waals surface area contributed by atoms with Crippen molar-refractivity contribution in [3.8, 4) is 5.75 Å². The van der Waals surface area contributed by atoms with E-state index in [1.807, 2.05) is 31.2 Å². The number of hydrogen-bond acceptors (Lipinski definition) is 3. The number of esters is 1. The zero-order chi connectivity index (χ0) is 13.3. The van der Waals surface area contributed by atoms with E-state index in [1.165, 1.54) is 0 Å². The molecule has 0 bridgehead atoms. The van der Waals surface area contributed by atoms with Crippen LogP contribution in [0.15, 0.2) is 24.3 Å². The monoisotopic (exact) mass is 248 g/mol. The Kier molecular flexibility index (Phi) is 3.33. The van der Waals surface area contributed by atoms with E-state index in [1.54, 1.807) is 7.11 Å². The van der Waals surface area contributed by atoms with Gasteiger partial charge >= 0.3 is 5.97 Å². The summed E-state index contributed by atoms with van der Waals surface area (Å²) in [4.78, 5) is 11.9.